The lowest BCUT2D eigenvalue weighted by Crippen LogP contribution is -2.34. The van der Waals surface area contributed by atoms with Gasteiger partial charge in [-0.25, -0.2) is 9.97 Å². The number of hydrogen-bond donors (Lipinski definition) is 1. The highest BCUT2D eigenvalue weighted by Crippen LogP contribution is 2.22. The van der Waals surface area contributed by atoms with Gasteiger partial charge in [-0.1, -0.05) is 0 Å². The lowest BCUT2D eigenvalue weighted by molar-refractivity contribution is 0.482. The molecule has 0 amide bonds. The van der Waals surface area contributed by atoms with E-state index in [4.69, 9.17) is 5.26 Å². The van der Waals surface area contributed by atoms with Crippen LogP contribution in [-0.4, -0.2) is 28.0 Å². The standard InChI is InChI=1S/C14H15N5/c15-7-11-2-5-19(6-3-11)14-17-9-13(10-18-14)12-1-4-16-8-12/h1,4,8-11,16H,2-3,5-6H2. The Morgan fingerprint density at radius 1 is 1.21 bits per heavy atom. The molecule has 96 valence electrons. The Labute approximate surface area is 111 Å². The summed E-state index contributed by atoms with van der Waals surface area (Å²) in [6.07, 6.45) is 9.31. The van der Waals surface area contributed by atoms with Crippen LogP contribution >= 0.6 is 0 Å². The molecule has 0 atom stereocenters. The Hall–Kier alpha value is -2.35. The number of nitriles is 1. The minimum absolute atomic E-state index is 0.190. The Kier molecular flexibility index (Phi) is 3.15. The van der Waals surface area contributed by atoms with Crippen LogP contribution in [0.3, 0.4) is 0 Å². The molecule has 0 aromatic carbocycles. The van der Waals surface area contributed by atoms with Crippen molar-refractivity contribution in [3.8, 4) is 17.2 Å². The van der Waals surface area contributed by atoms with Crippen molar-refractivity contribution >= 4 is 5.95 Å². The predicted octanol–water partition coefficient (Wildman–Crippen LogP) is 2.21. The van der Waals surface area contributed by atoms with Gasteiger partial charge in [0.05, 0.1) is 6.07 Å². The molecule has 1 aliphatic rings. The van der Waals surface area contributed by atoms with Crippen LogP contribution < -0.4 is 4.90 Å². The molecule has 0 radical (unpaired) electrons. The first-order valence-electron chi connectivity index (χ1n) is 6.46. The van der Waals surface area contributed by atoms with Crippen molar-refractivity contribution in [3.63, 3.8) is 0 Å². The van der Waals surface area contributed by atoms with Gasteiger partial charge in [-0.3, -0.25) is 0 Å². The second-order valence-electron chi connectivity index (χ2n) is 4.76. The Bertz CT molecular complexity index is 559. The minimum Gasteiger partial charge on any atom is -0.367 e. The van der Waals surface area contributed by atoms with Crippen molar-refractivity contribution < 1.29 is 0 Å². The van der Waals surface area contributed by atoms with Gasteiger partial charge in [0.15, 0.2) is 0 Å². The van der Waals surface area contributed by atoms with E-state index in [0.717, 1.165) is 43.0 Å². The van der Waals surface area contributed by atoms with Gasteiger partial charge in [-0.2, -0.15) is 5.26 Å². The number of aromatic amines is 1. The Morgan fingerprint density at radius 3 is 2.53 bits per heavy atom. The number of nitrogens with one attached hydrogen (secondary N) is 1. The highest BCUT2D eigenvalue weighted by Gasteiger charge is 2.20. The van der Waals surface area contributed by atoms with Crippen molar-refractivity contribution in [2.24, 2.45) is 5.92 Å². The second-order valence-corrected chi connectivity index (χ2v) is 4.76. The zero-order chi connectivity index (χ0) is 13.1. The molecule has 3 heterocycles. The molecule has 2 aromatic rings. The molecule has 0 spiro atoms. The second kappa shape index (κ2) is 5.11. The number of H-pyrrole nitrogens is 1. The van der Waals surface area contributed by atoms with Gasteiger partial charge in [0.1, 0.15) is 0 Å². The molecular formula is C14H15N5. The van der Waals surface area contributed by atoms with Gasteiger partial charge in [0, 0.05) is 54.9 Å². The van der Waals surface area contributed by atoms with Gasteiger partial charge in [-0.05, 0) is 18.9 Å². The molecule has 1 N–H and O–H groups in total. The summed E-state index contributed by atoms with van der Waals surface area (Å²) in [5.74, 6) is 0.950. The summed E-state index contributed by atoms with van der Waals surface area (Å²) < 4.78 is 0. The van der Waals surface area contributed by atoms with Crippen molar-refractivity contribution in [2.75, 3.05) is 18.0 Å². The minimum atomic E-state index is 0.190. The van der Waals surface area contributed by atoms with Gasteiger partial charge < -0.3 is 9.88 Å². The summed E-state index contributed by atoms with van der Waals surface area (Å²) in [6.45, 7) is 1.73. The predicted molar refractivity (Wildman–Crippen MR) is 72.4 cm³/mol. The number of anilines is 1. The molecule has 0 unspecified atom stereocenters. The Morgan fingerprint density at radius 2 is 1.95 bits per heavy atom. The van der Waals surface area contributed by atoms with E-state index in [1.807, 2.05) is 30.9 Å². The molecule has 5 heteroatoms. The SMILES string of the molecule is N#CC1CCN(c2ncc(-c3cc[nH]c3)cn2)CC1. The van der Waals surface area contributed by atoms with Crippen LogP contribution in [0.5, 0.6) is 0 Å². The normalized spacial score (nSPS) is 16.3. The first-order chi connectivity index (χ1) is 9.36. The molecule has 2 aromatic heterocycles. The summed E-state index contributed by atoms with van der Waals surface area (Å²) >= 11 is 0. The quantitative estimate of drug-likeness (QED) is 0.891. The number of nitrogens with zero attached hydrogens (tertiary/aromatic N) is 4. The van der Waals surface area contributed by atoms with Gasteiger partial charge >= 0.3 is 0 Å². The van der Waals surface area contributed by atoms with E-state index in [1.54, 1.807) is 0 Å². The zero-order valence-electron chi connectivity index (χ0n) is 10.6. The van der Waals surface area contributed by atoms with E-state index in [1.165, 1.54) is 0 Å². The van der Waals surface area contributed by atoms with E-state index in [-0.39, 0.29) is 5.92 Å². The first-order valence-corrected chi connectivity index (χ1v) is 6.46. The number of rotatable bonds is 2. The average molecular weight is 253 g/mol. The fraction of sp³-hybridized carbons (Fsp3) is 0.357. The van der Waals surface area contributed by atoms with E-state index in [2.05, 4.69) is 25.9 Å². The average Bonchev–Trinajstić information content (AvgIpc) is 3.02. The van der Waals surface area contributed by atoms with Crippen LogP contribution in [0.1, 0.15) is 12.8 Å². The summed E-state index contributed by atoms with van der Waals surface area (Å²) in [5.41, 5.74) is 2.10. The van der Waals surface area contributed by atoms with E-state index in [0.29, 0.717) is 0 Å². The molecule has 0 saturated carbocycles. The lowest BCUT2D eigenvalue weighted by Gasteiger charge is -2.28. The fourth-order valence-electron chi connectivity index (χ4n) is 2.35. The molecule has 0 bridgehead atoms. The van der Waals surface area contributed by atoms with Crippen LogP contribution in [0.2, 0.25) is 0 Å². The summed E-state index contributed by atoms with van der Waals surface area (Å²) in [6, 6.07) is 4.33. The number of piperidine rings is 1. The largest absolute Gasteiger partial charge is 0.367 e. The number of aromatic nitrogens is 3. The molecule has 0 aliphatic carbocycles. The zero-order valence-corrected chi connectivity index (χ0v) is 10.6. The fourth-order valence-corrected chi connectivity index (χ4v) is 2.35. The number of hydrogen-bond acceptors (Lipinski definition) is 4. The summed E-state index contributed by atoms with van der Waals surface area (Å²) in [7, 11) is 0. The third-order valence-corrected chi connectivity index (χ3v) is 3.53. The van der Waals surface area contributed by atoms with Crippen molar-refractivity contribution in [1.29, 1.82) is 5.26 Å². The van der Waals surface area contributed by atoms with Gasteiger partial charge in [0.25, 0.3) is 0 Å². The molecular weight excluding hydrogens is 238 g/mol. The highest BCUT2D eigenvalue weighted by molar-refractivity contribution is 5.61. The third kappa shape index (κ3) is 2.43. The van der Waals surface area contributed by atoms with Crippen LogP contribution in [0.4, 0.5) is 5.95 Å². The monoisotopic (exact) mass is 253 g/mol. The third-order valence-electron chi connectivity index (χ3n) is 3.53. The van der Waals surface area contributed by atoms with Crippen LogP contribution in [0, 0.1) is 17.2 Å². The smallest absolute Gasteiger partial charge is 0.225 e. The van der Waals surface area contributed by atoms with Gasteiger partial charge in [0.2, 0.25) is 5.95 Å². The molecule has 19 heavy (non-hydrogen) atoms. The molecule has 3 rings (SSSR count). The maximum Gasteiger partial charge on any atom is 0.225 e. The molecule has 1 aliphatic heterocycles. The van der Waals surface area contributed by atoms with Crippen molar-refractivity contribution in [1.82, 2.24) is 15.0 Å². The van der Waals surface area contributed by atoms with Crippen LogP contribution in [-0.2, 0) is 0 Å². The lowest BCUT2D eigenvalue weighted by atomic mass is 9.99. The highest BCUT2D eigenvalue weighted by atomic mass is 15.2. The van der Waals surface area contributed by atoms with Crippen LogP contribution in [0.15, 0.2) is 30.9 Å². The van der Waals surface area contributed by atoms with Crippen LogP contribution in [0.25, 0.3) is 11.1 Å². The summed E-state index contributed by atoms with van der Waals surface area (Å²) in [4.78, 5) is 14.0. The molecule has 1 fully saturated rings. The first kappa shape index (κ1) is 11.7. The van der Waals surface area contributed by atoms with Gasteiger partial charge in [-0.15, -0.1) is 0 Å². The molecule has 5 nitrogen and oxygen atoms in total. The van der Waals surface area contributed by atoms with E-state index >= 15 is 0 Å². The Balaban J connectivity index is 1.72. The van der Waals surface area contributed by atoms with Crippen molar-refractivity contribution in [3.05, 3.63) is 30.9 Å². The van der Waals surface area contributed by atoms with E-state index in [9.17, 15) is 0 Å². The summed E-state index contributed by atoms with van der Waals surface area (Å²) in [5, 5.41) is 8.89. The van der Waals surface area contributed by atoms with Crippen molar-refractivity contribution in [2.45, 2.75) is 12.8 Å². The maximum atomic E-state index is 8.89. The van der Waals surface area contributed by atoms with E-state index < -0.39 is 0 Å². The topological polar surface area (TPSA) is 68.6 Å². The maximum absolute atomic E-state index is 8.89. The molecule has 1 saturated heterocycles.